The predicted octanol–water partition coefficient (Wildman–Crippen LogP) is 5.20. The third-order valence-corrected chi connectivity index (χ3v) is 6.63. The zero-order valence-electron chi connectivity index (χ0n) is 20.3. The molecule has 1 fully saturated rings. The number of rotatable bonds is 7. The van der Waals surface area contributed by atoms with E-state index in [1.54, 1.807) is 6.20 Å². The molecule has 1 aliphatic rings. The minimum atomic E-state index is -0.0894. The molecule has 0 unspecified atom stereocenters. The van der Waals surface area contributed by atoms with Crippen LogP contribution in [0.1, 0.15) is 63.0 Å². The molecule has 7 heteroatoms. The number of carbonyl (C=O) groups is 1. The number of thiocarbonyl (C=S) groups is 1. The van der Waals surface area contributed by atoms with Crippen LogP contribution in [0, 0.1) is 0 Å². The number of hydrogen-bond donors (Lipinski definition) is 2. The van der Waals surface area contributed by atoms with E-state index in [1.807, 2.05) is 42.5 Å². The largest absolute Gasteiger partial charge is 0.352 e. The number of para-hydroxylation sites is 1. The van der Waals surface area contributed by atoms with Crippen molar-refractivity contribution in [2.45, 2.75) is 58.2 Å². The van der Waals surface area contributed by atoms with E-state index in [-0.39, 0.29) is 23.5 Å². The number of nitrogens with zero attached hydrogens (tertiary/aromatic N) is 3. The average Bonchev–Trinajstić information content (AvgIpc) is 3.43. The molecular formula is C27H33N5OS. The molecule has 6 nitrogen and oxygen atoms in total. The number of aromatic nitrogens is 2. The molecule has 2 atom stereocenters. The summed E-state index contributed by atoms with van der Waals surface area (Å²) in [7, 11) is 0. The SMILES string of the molecule is CCc1ccccc1NC(=O)CCN1C(=S)N[C@H](c2ccccn2)[C@H]1c1ccn(C(C)(C)C)c1. The molecule has 34 heavy (non-hydrogen) atoms. The molecule has 0 bridgehead atoms. The van der Waals surface area contributed by atoms with Crippen LogP contribution in [0.3, 0.4) is 0 Å². The fourth-order valence-electron chi connectivity index (χ4n) is 4.40. The van der Waals surface area contributed by atoms with Gasteiger partial charge in [0.2, 0.25) is 5.91 Å². The third-order valence-electron chi connectivity index (χ3n) is 6.28. The number of anilines is 1. The highest BCUT2D eigenvalue weighted by molar-refractivity contribution is 7.80. The van der Waals surface area contributed by atoms with Crippen molar-refractivity contribution in [1.29, 1.82) is 0 Å². The quantitative estimate of drug-likeness (QED) is 0.460. The van der Waals surface area contributed by atoms with Crippen LogP contribution in [0.4, 0.5) is 5.69 Å². The Morgan fingerprint density at radius 2 is 1.91 bits per heavy atom. The van der Waals surface area contributed by atoms with Gasteiger partial charge in [-0.1, -0.05) is 31.2 Å². The van der Waals surface area contributed by atoms with Crippen LogP contribution < -0.4 is 10.6 Å². The second-order valence-electron chi connectivity index (χ2n) is 9.65. The Morgan fingerprint density at radius 1 is 1.15 bits per heavy atom. The molecule has 4 rings (SSSR count). The van der Waals surface area contributed by atoms with E-state index in [9.17, 15) is 4.79 Å². The van der Waals surface area contributed by atoms with Crippen LogP contribution in [0.2, 0.25) is 0 Å². The van der Waals surface area contributed by atoms with Crippen molar-refractivity contribution in [2.24, 2.45) is 0 Å². The van der Waals surface area contributed by atoms with Crippen molar-refractivity contribution < 1.29 is 4.79 Å². The Bertz CT molecular complexity index is 1150. The standard InChI is InChI=1S/C27H33N5OS/c1-5-19-10-6-7-11-21(19)29-23(33)14-17-32-25(20-13-16-31(18-20)27(2,3)4)24(30-26(32)34)22-12-8-9-15-28-22/h6-13,15-16,18,24-25H,5,14,17H2,1-4H3,(H,29,33)(H,30,34)/t24-,25-/m1/s1. The highest BCUT2D eigenvalue weighted by Crippen LogP contribution is 2.39. The zero-order chi connectivity index (χ0) is 24.3. The van der Waals surface area contributed by atoms with Gasteiger partial charge in [0.25, 0.3) is 0 Å². The molecule has 0 saturated carbocycles. The van der Waals surface area contributed by atoms with E-state index in [4.69, 9.17) is 12.2 Å². The van der Waals surface area contributed by atoms with E-state index in [0.29, 0.717) is 18.1 Å². The van der Waals surface area contributed by atoms with Gasteiger partial charge in [-0.15, -0.1) is 0 Å². The summed E-state index contributed by atoms with van der Waals surface area (Å²) in [6.45, 7) is 9.15. The molecule has 0 radical (unpaired) electrons. The Hall–Kier alpha value is -3.19. The van der Waals surface area contributed by atoms with E-state index in [2.05, 4.69) is 71.2 Å². The van der Waals surface area contributed by atoms with Crippen LogP contribution >= 0.6 is 12.2 Å². The van der Waals surface area contributed by atoms with Gasteiger partial charge in [-0.3, -0.25) is 9.78 Å². The Kier molecular flexibility index (Phi) is 7.03. The fourth-order valence-corrected chi connectivity index (χ4v) is 4.73. The molecular weight excluding hydrogens is 442 g/mol. The number of aryl methyl sites for hydroxylation is 1. The topological polar surface area (TPSA) is 62.2 Å². The van der Waals surface area contributed by atoms with Gasteiger partial charge in [0, 0.05) is 42.8 Å². The third kappa shape index (κ3) is 5.14. The lowest BCUT2D eigenvalue weighted by Crippen LogP contribution is -2.32. The van der Waals surface area contributed by atoms with Crippen molar-refractivity contribution in [3.63, 3.8) is 0 Å². The van der Waals surface area contributed by atoms with Gasteiger partial charge in [-0.2, -0.15) is 0 Å². The van der Waals surface area contributed by atoms with Gasteiger partial charge in [0.05, 0.1) is 17.8 Å². The summed E-state index contributed by atoms with van der Waals surface area (Å²) in [4.78, 5) is 19.6. The number of amides is 1. The predicted molar refractivity (Wildman–Crippen MR) is 141 cm³/mol. The van der Waals surface area contributed by atoms with Gasteiger partial charge in [0.15, 0.2) is 5.11 Å². The summed E-state index contributed by atoms with van der Waals surface area (Å²) in [5.74, 6) is -0.0176. The normalized spacial score (nSPS) is 18.1. The number of pyridine rings is 1. The molecule has 2 aromatic heterocycles. The molecule has 178 valence electrons. The lowest BCUT2D eigenvalue weighted by atomic mass is 9.99. The number of carbonyl (C=O) groups excluding carboxylic acids is 1. The number of hydrogen-bond acceptors (Lipinski definition) is 3. The Balaban J connectivity index is 1.56. The second kappa shape index (κ2) is 9.97. The minimum absolute atomic E-state index is 0.0176. The monoisotopic (exact) mass is 475 g/mol. The van der Waals surface area contributed by atoms with Crippen molar-refractivity contribution in [3.8, 4) is 0 Å². The summed E-state index contributed by atoms with van der Waals surface area (Å²) in [6.07, 6.45) is 7.30. The molecule has 0 spiro atoms. The Labute approximate surface area is 207 Å². The van der Waals surface area contributed by atoms with Crippen LogP contribution in [-0.4, -0.2) is 32.0 Å². The first-order valence-electron chi connectivity index (χ1n) is 11.8. The molecule has 1 amide bonds. The minimum Gasteiger partial charge on any atom is -0.352 e. The first kappa shape index (κ1) is 24.0. The maximum atomic E-state index is 12.9. The summed E-state index contributed by atoms with van der Waals surface area (Å²) in [5, 5.41) is 7.18. The number of nitrogens with one attached hydrogen (secondary N) is 2. The average molecular weight is 476 g/mol. The van der Waals surface area contributed by atoms with E-state index >= 15 is 0 Å². The van der Waals surface area contributed by atoms with E-state index < -0.39 is 0 Å². The van der Waals surface area contributed by atoms with Crippen molar-refractivity contribution in [1.82, 2.24) is 19.8 Å². The molecule has 1 aromatic carbocycles. The van der Waals surface area contributed by atoms with Crippen LogP contribution in [-0.2, 0) is 16.8 Å². The summed E-state index contributed by atoms with van der Waals surface area (Å²) in [6, 6.07) is 15.9. The first-order valence-corrected chi connectivity index (χ1v) is 12.2. The fraction of sp³-hybridized carbons (Fsp3) is 0.370. The number of benzene rings is 1. The Morgan fingerprint density at radius 3 is 2.59 bits per heavy atom. The van der Waals surface area contributed by atoms with Gasteiger partial charge in [-0.05, 0) is 74.8 Å². The molecule has 1 aliphatic heterocycles. The maximum absolute atomic E-state index is 12.9. The van der Waals surface area contributed by atoms with E-state index in [0.717, 1.165) is 28.9 Å². The highest BCUT2D eigenvalue weighted by Gasteiger charge is 2.40. The van der Waals surface area contributed by atoms with Crippen molar-refractivity contribution in [2.75, 3.05) is 11.9 Å². The maximum Gasteiger partial charge on any atom is 0.226 e. The summed E-state index contributed by atoms with van der Waals surface area (Å²) in [5.41, 5.74) is 4.06. The van der Waals surface area contributed by atoms with Crippen LogP contribution in [0.15, 0.2) is 67.1 Å². The second-order valence-corrected chi connectivity index (χ2v) is 10.0. The highest BCUT2D eigenvalue weighted by atomic mass is 32.1. The zero-order valence-corrected chi connectivity index (χ0v) is 21.1. The van der Waals surface area contributed by atoms with Gasteiger partial charge >= 0.3 is 0 Å². The van der Waals surface area contributed by atoms with Crippen molar-refractivity contribution >= 4 is 28.9 Å². The lowest BCUT2D eigenvalue weighted by Gasteiger charge is -2.27. The molecule has 0 aliphatic carbocycles. The summed E-state index contributed by atoms with van der Waals surface area (Å²) >= 11 is 5.74. The molecule has 3 aromatic rings. The van der Waals surface area contributed by atoms with Gasteiger partial charge in [-0.25, -0.2) is 0 Å². The van der Waals surface area contributed by atoms with Crippen LogP contribution in [0.5, 0.6) is 0 Å². The van der Waals surface area contributed by atoms with E-state index in [1.165, 1.54) is 0 Å². The van der Waals surface area contributed by atoms with Crippen molar-refractivity contribution in [3.05, 3.63) is 83.9 Å². The lowest BCUT2D eigenvalue weighted by molar-refractivity contribution is -0.116. The molecule has 1 saturated heterocycles. The van der Waals surface area contributed by atoms with Gasteiger partial charge in [0.1, 0.15) is 0 Å². The smallest absolute Gasteiger partial charge is 0.226 e. The molecule has 2 N–H and O–H groups in total. The molecule has 3 heterocycles. The van der Waals surface area contributed by atoms with Crippen LogP contribution in [0.25, 0.3) is 0 Å². The van der Waals surface area contributed by atoms with Gasteiger partial charge < -0.3 is 20.1 Å². The first-order chi connectivity index (χ1) is 16.3. The summed E-state index contributed by atoms with van der Waals surface area (Å²) < 4.78 is 2.21.